The van der Waals surface area contributed by atoms with Crippen LogP contribution in [0.15, 0.2) is 41.0 Å². The molecule has 24 heavy (non-hydrogen) atoms. The summed E-state index contributed by atoms with van der Waals surface area (Å²) in [6, 6.07) is 6.88. The molecular formula is C16H16N4O2S2. The molecule has 0 fully saturated rings. The van der Waals surface area contributed by atoms with Gasteiger partial charge in [0.15, 0.2) is 0 Å². The molecular weight excluding hydrogens is 344 g/mol. The lowest BCUT2D eigenvalue weighted by Gasteiger charge is -2.22. The number of hydrogen-bond donors (Lipinski definition) is 1. The fourth-order valence-corrected chi connectivity index (χ4v) is 3.18. The summed E-state index contributed by atoms with van der Waals surface area (Å²) in [5.41, 5.74) is 0.765. The molecule has 124 valence electrons. The second kappa shape index (κ2) is 7.14. The van der Waals surface area contributed by atoms with E-state index in [-0.39, 0.29) is 5.92 Å². The Morgan fingerprint density at radius 2 is 2.00 bits per heavy atom. The number of amides is 1. The summed E-state index contributed by atoms with van der Waals surface area (Å²) in [5.74, 6) is 1.24. The zero-order valence-electron chi connectivity index (χ0n) is 13.2. The van der Waals surface area contributed by atoms with Crippen LogP contribution in [0, 0.1) is 5.92 Å². The molecule has 8 heteroatoms. The monoisotopic (exact) mass is 360 g/mol. The van der Waals surface area contributed by atoms with Gasteiger partial charge in [-0.1, -0.05) is 25.2 Å². The predicted octanol–water partition coefficient (Wildman–Crippen LogP) is 4.04. The predicted molar refractivity (Wildman–Crippen MR) is 97.1 cm³/mol. The number of thiazole rings is 1. The van der Waals surface area contributed by atoms with E-state index in [9.17, 15) is 4.79 Å². The van der Waals surface area contributed by atoms with E-state index in [4.69, 9.17) is 4.74 Å². The molecule has 0 aliphatic carbocycles. The first-order valence-electron chi connectivity index (χ1n) is 7.39. The molecule has 0 aliphatic rings. The van der Waals surface area contributed by atoms with Gasteiger partial charge in [-0.15, -0.1) is 12.6 Å². The lowest BCUT2D eigenvalue weighted by molar-refractivity contribution is 0.206. The van der Waals surface area contributed by atoms with Crippen LogP contribution in [0.5, 0.6) is 5.75 Å². The van der Waals surface area contributed by atoms with E-state index >= 15 is 0 Å². The highest BCUT2D eigenvalue weighted by Gasteiger charge is 2.21. The third kappa shape index (κ3) is 3.82. The van der Waals surface area contributed by atoms with E-state index in [2.05, 4.69) is 27.6 Å². The number of carbonyl (C=O) groups excluding carboxylic acids is 1. The molecule has 0 N–H and O–H groups in total. The van der Waals surface area contributed by atoms with Crippen LogP contribution >= 0.6 is 24.0 Å². The Bertz CT molecular complexity index is 852. The Morgan fingerprint density at radius 3 is 2.71 bits per heavy atom. The molecule has 3 aromatic heterocycles. The molecule has 3 aromatic rings. The molecule has 0 bridgehead atoms. The average Bonchev–Trinajstić information content (AvgIpc) is 2.92. The molecule has 0 aliphatic heterocycles. The Labute approximate surface area is 148 Å². The molecule has 0 aromatic carbocycles. The topological polar surface area (TPSA) is 68.2 Å². The number of anilines is 1. The summed E-state index contributed by atoms with van der Waals surface area (Å²) in [6.45, 7) is 4.56. The van der Waals surface area contributed by atoms with E-state index in [1.807, 2.05) is 19.9 Å². The number of aromatic nitrogens is 3. The van der Waals surface area contributed by atoms with Gasteiger partial charge in [0.1, 0.15) is 26.3 Å². The largest absolute Gasteiger partial charge is 0.420 e. The number of thiol groups is 1. The van der Waals surface area contributed by atoms with Gasteiger partial charge in [0.25, 0.3) is 0 Å². The van der Waals surface area contributed by atoms with Crippen molar-refractivity contribution in [3.63, 3.8) is 0 Å². The Morgan fingerprint density at radius 1 is 1.25 bits per heavy atom. The third-order valence-corrected chi connectivity index (χ3v) is 4.27. The van der Waals surface area contributed by atoms with Crippen LogP contribution in [0.25, 0.3) is 10.3 Å². The lowest BCUT2D eigenvalue weighted by Crippen LogP contribution is -2.37. The lowest BCUT2D eigenvalue weighted by atomic mass is 10.2. The van der Waals surface area contributed by atoms with Crippen molar-refractivity contribution in [3.05, 3.63) is 36.7 Å². The summed E-state index contributed by atoms with van der Waals surface area (Å²) in [7, 11) is 0. The van der Waals surface area contributed by atoms with Crippen molar-refractivity contribution in [1.29, 1.82) is 0 Å². The van der Waals surface area contributed by atoms with Crippen LogP contribution in [0.3, 0.4) is 0 Å². The SMILES string of the molecule is CC(C)CN(C(=O)Oc1ccncc1)c1ccc2nc(S)sc2n1. The number of carbonyl (C=O) groups is 1. The maximum atomic E-state index is 12.6. The maximum absolute atomic E-state index is 12.6. The van der Waals surface area contributed by atoms with Crippen molar-refractivity contribution < 1.29 is 9.53 Å². The summed E-state index contributed by atoms with van der Waals surface area (Å²) in [4.78, 5) is 27.6. The van der Waals surface area contributed by atoms with E-state index in [1.165, 1.54) is 16.2 Å². The van der Waals surface area contributed by atoms with Gasteiger partial charge >= 0.3 is 6.09 Å². The second-order valence-electron chi connectivity index (χ2n) is 5.55. The first kappa shape index (κ1) is 16.7. The van der Waals surface area contributed by atoms with Gasteiger partial charge < -0.3 is 4.74 Å². The van der Waals surface area contributed by atoms with Gasteiger partial charge in [-0.3, -0.25) is 9.88 Å². The summed E-state index contributed by atoms with van der Waals surface area (Å²) in [5, 5.41) is 0. The van der Waals surface area contributed by atoms with Crippen LogP contribution in [-0.4, -0.2) is 27.6 Å². The highest BCUT2D eigenvalue weighted by molar-refractivity contribution is 7.82. The van der Waals surface area contributed by atoms with Crippen molar-refractivity contribution in [2.24, 2.45) is 5.92 Å². The minimum Gasteiger partial charge on any atom is -0.410 e. The maximum Gasteiger partial charge on any atom is 0.420 e. The van der Waals surface area contributed by atoms with Gasteiger partial charge in [-0.2, -0.15) is 0 Å². The van der Waals surface area contributed by atoms with Crippen molar-refractivity contribution in [2.75, 3.05) is 11.4 Å². The Balaban J connectivity index is 1.90. The molecule has 3 heterocycles. The summed E-state index contributed by atoms with van der Waals surface area (Å²) in [6.07, 6.45) is 2.67. The summed E-state index contributed by atoms with van der Waals surface area (Å²) < 4.78 is 6.07. The zero-order chi connectivity index (χ0) is 17.1. The average molecular weight is 360 g/mol. The molecule has 0 radical (unpaired) electrons. The summed E-state index contributed by atoms with van der Waals surface area (Å²) >= 11 is 5.62. The van der Waals surface area contributed by atoms with Gasteiger partial charge in [-0.05, 0) is 30.2 Å². The van der Waals surface area contributed by atoms with E-state index in [0.29, 0.717) is 22.5 Å². The molecule has 0 atom stereocenters. The van der Waals surface area contributed by atoms with Crippen LogP contribution < -0.4 is 9.64 Å². The minimum atomic E-state index is -0.475. The van der Waals surface area contributed by atoms with Gasteiger partial charge in [0, 0.05) is 18.9 Å². The standard InChI is InChI=1S/C16H16N4O2S2/c1-10(2)9-20(16(21)22-11-5-7-17-8-6-11)13-4-3-12-14(19-13)24-15(23)18-12/h3-8,10H,9H2,1-2H3,(H,18,23). The molecule has 0 unspecified atom stereocenters. The fraction of sp³-hybridized carbons (Fsp3) is 0.250. The highest BCUT2D eigenvalue weighted by Crippen LogP contribution is 2.26. The highest BCUT2D eigenvalue weighted by atomic mass is 32.2. The van der Waals surface area contributed by atoms with Crippen LogP contribution in [0.1, 0.15) is 13.8 Å². The number of hydrogen-bond acceptors (Lipinski definition) is 7. The van der Waals surface area contributed by atoms with E-state index < -0.39 is 6.09 Å². The van der Waals surface area contributed by atoms with Gasteiger partial charge in [0.05, 0.1) is 0 Å². The number of ether oxygens (including phenoxy) is 1. The van der Waals surface area contributed by atoms with Crippen molar-refractivity contribution >= 4 is 46.2 Å². The second-order valence-corrected chi connectivity index (χ2v) is 7.25. The Hall–Kier alpha value is -2.19. The molecule has 0 saturated carbocycles. The fourth-order valence-electron chi connectivity index (χ4n) is 2.14. The molecule has 1 amide bonds. The van der Waals surface area contributed by atoms with Crippen LogP contribution in [0.4, 0.5) is 10.6 Å². The van der Waals surface area contributed by atoms with Gasteiger partial charge in [0.2, 0.25) is 0 Å². The number of fused-ring (bicyclic) bond motifs is 1. The van der Waals surface area contributed by atoms with Crippen molar-refractivity contribution in [3.8, 4) is 5.75 Å². The minimum absolute atomic E-state index is 0.259. The third-order valence-electron chi connectivity index (χ3n) is 3.13. The molecule has 0 saturated heterocycles. The van der Waals surface area contributed by atoms with Crippen molar-refractivity contribution in [2.45, 2.75) is 18.2 Å². The quantitative estimate of drug-likeness (QED) is 0.711. The normalized spacial score (nSPS) is 11.0. The molecule has 3 rings (SSSR count). The van der Waals surface area contributed by atoms with E-state index in [0.717, 1.165) is 10.3 Å². The first-order valence-corrected chi connectivity index (χ1v) is 8.65. The number of pyridine rings is 2. The van der Waals surface area contributed by atoms with Crippen LogP contribution in [0.2, 0.25) is 0 Å². The molecule has 0 spiro atoms. The zero-order valence-corrected chi connectivity index (χ0v) is 14.9. The molecule has 6 nitrogen and oxygen atoms in total. The smallest absolute Gasteiger partial charge is 0.410 e. The number of nitrogens with zero attached hydrogens (tertiary/aromatic N) is 4. The Kier molecular flexibility index (Phi) is 4.96. The number of rotatable bonds is 4. The van der Waals surface area contributed by atoms with Gasteiger partial charge in [-0.25, -0.2) is 14.8 Å². The van der Waals surface area contributed by atoms with E-state index in [1.54, 1.807) is 30.6 Å². The van der Waals surface area contributed by atoms with Crippen LogP contribution in [-0.2, 0) is 0 Å². The first-order chi connectivity index (χ1) is 11.5. The van der Waals surface area contributed by atoms with Crippen molar-refractivity contribution in [1.82, 2.24) is 15.0 Å².